The van der Waals surface area contributed by atoms with Gasteiger partial charge >= 0.3 is 6.09 Å². The number of nitrogens with zero attached hydrogens (tertiary/aromatic N) is 2. The van der Waals surface area contributed by atoms with Crippen LogP contribution in [0.1, 0.15) is 52.9 Å². The minimum absolute atomic E-state index is 0.153. The van der Waals surface area contributed by atoms with Gasteiger partial charge in [0.05, 0.1) is 0 Å². The van der Waals surface area contributed by atoms with Crippen molar-refractivity contribution in [2.45, 2.75) is 64.5 Å². The lowest BCUT2D eigenvalue weighted by atomic mass is 10.0. The lowest BCUT2D eigenvalue weighted by Gasteiger charge is -2.24. The minimum atomic E-state index is -0.399. The Balaban J connectivity index is 1.63. The number of carbonyl (C=O) groups is 1. The summed E-state index contributed by atoms with van der Waals surface area (Å²) in [5.74, 6) is 0.614. The van der Waals surface area contributed by atoms with E-state index in [2.05, 4.69) is 17.3 Å². The van der Waals surface area contributed by atoms with Crippen molar-refractivity contribution in [3.63, 3.8) is 0 Å². The van der Waals surface area contributed by atoms with E-state index in [1.807, 2.05) is 25.7 Å². The fraction of sp³-hybridized carbons (Fsp3) is 0.944. The highest BCUT2D eigenvalue weighted by Gasteiger charge is 2.29. The first kappa shape index (κ1) is 18.5. The van der Waals surface area contributed by atoms with Crippen molar-refractivity contribution in [3.05, 3.63) is 0 Å². The zero-order chi connectivity index (χ0) is 16.9. The Morgan fingerprint density at radius 3 is 2.70 bits per heavy atom. The Morgan fingerprint density at radius 1 is 1.17 bits per heavy atom. The second kappa shape index (κ2) is 8.34. The van der Waals surface area contributed by atoms with Crippen LogP contribution in [0.2, 0.25) is 0 Å². The lowest BCUT2D eigenvalue weighted by Crippen LogP contribution is -2.36. The molecule has 2 aliphatic rings. The van der Waals surface area contributed by atoms with Gasteiger partial charge in [0.25, 0.3) is 0 Å². The summed E-state index contributed by atoms with van der Waals surface area (Å²) in [5.41, 5.74) is -0.399. The number of amides is 1. The van der Waals surface area contributed by atoms with Gasteiger partial charge in [-0.25, -0.2) is 4.79 Å². The maximum absolute atomic E-state index is 12.1. The van der Waals surface area contributed by atoms with Gasteiger partial charge in [0, 0.05) is 19.1 Å². The molecule has 0 radical (unpaired) electrons. The van der Waals surface area contributed by atoms with E-state index in [9.17, 15) is 4.79 Å². The molecular weight excluding hydrogens is 290 g/mol. The summed E-state index contributed by atoms with van der Waals surface area (Å²) >= 11 is 0. The van der Waals surface area contributed by atoms with Gasteiger partial charge in [0.1, 0.15) is 5.60 Å². The molecule has 2 atom stereocenters. The highest BCUT2D eigenvalue weighted by atomic mass is 16.6. The molecule has 2 aliphatic heterocycles. The van der Waals surface area contributed by atoms with Crippen LogP contribution in [0, 0.1) is 5.92 Å². The quantitative estimate of drug-likeness (QED) is 0.863. The molecule has 0 saturated carbocycles. The van der Waals surface area contributed by atoms with E-state index in [1.54, 1.807) is 0 Å². The van der Waals surface area contributed by atoms with Crippen molar-refractivity contribution in [1.82, 2.24) is 15.1 Å². The summed E-state index contributed by atoms with van der Waals surface area (Å²) in [5, 5.41) is 3.73. The molecule has 0 aromatic heterocycles. The van der Waals surface area contributed by atoms with E-state index in [0.717, 1.165) is 32.5 Å². The summed E-state index contributed by atoms with van der Waals surface area (Å²) in [6, 6.07) is 0.670. The van der Waals surface area contributed by atoms with Crippen LogP contribution < -0.4 is 5.32 Å². The lowest BCUT2D eigenvalue weighted by molar-refractivity contribution is 0.0287. The molecule has 2 heterocycles. The molecule has 2 fully saturated rings. The third kappa shape index (κ3) is 6.68. The normalized spacial score (nSPS) is 27.0. The molecule has 0 spiro atoms. The monoisotopic (exact) mass is 325 g/mol. The molecule has 1 amide bonds. The fourth-order valence-corrected chi connectivity index (χ4v) is 3.50. The van der Waals surface area contributed by atoms with E-state index in [-0.39, 0.29) is 6.09 Å². The Bertz CT molecular complexity index is 381. The van der Waals surface area contributed by atoms with Gasteiger partial charge in [-0.3, -0.25) is 0 Å². The average molecular weight is 325 g/mol. The van der Waals surface area contributed by atoms with Crippen LogP contribution in [0.15, 0.2) is 0 Å². The van der Waals surface area contributed by atoms with Gasteiger partial charge in [-0.05, 0) is 85.5 Å². The number of likely N-dealkylation sites (tertiary alicyclic amines) is 2. The number of rotatable bonds is 4. The van der Waals surface area contributed by atoms with Crippen LogP contribution in [0.3, 0.4) is 0 Å². The van der Waals surface area contributed by atoms with Crippen molar-refractivity contribution in [2.75, 3.05) is 39.8 Å². The van der Waals surface area contributed by atoms with Gasteiger partial charge in [-0.1, -0.05) is 0 Å². The van der Waals surface area contributed by atoms with E-state index in [0.29, 0.717) is 12.0 Å². The molecule has 0 aromatic carbocycles. The van der Waals surface area contributed by atoms with E-state index < -0.39 is 5.60 Å². The molecule has 5 heteroatoms. The second-order valence-corrected chi connectivity index (χ2v) is 8.25. The molecule has 2 unspecified atom stereocenters. The van der Waals surface area contributed by atoms with Gasteiger partial charge < -0.3 is 19.9 Å². The molecule has 0 aromatic rings. The minimum Gasteiger partial charge on any atom is -0.444 e. The zero-order valence-corrected chi connectivity index (χ0v) is 15.4. The highest BCUT2D eigenvalue weighted by Crippen LogP contribution is 2.22. The van der Waals surface area contributed by atoms with Crippen LogP contribution in [0.5, 0.6) is 0 Å². The highest BCUT2D eigenvalue weighted by molar-refractivity contribution is 5.68. The van der Waals surface area contributed by atoms with Crippen LogP contribution in [0.25, 0.3) is 0 Å². The van der Waals surface area contributed by atoms with Crippen LogP contribution in [-0.4, -0.2) is 67.3 Å². The molecule has 5 nitrogen and oxygen atoms in total. The second-order valence-electron chi connectivity index (χ2n) is 8.25. The van der Waals surface area contributed by atoms with Crippen LogP contribution >= 0.6 is 0 Å². The largest absolute Gasteiger partial charge is 0.444 e. The Hall–Kier alpha value is -0.810. The van der Waals surface area contributed by atoms with E-state index in [4.69, 9.17) is 4.74 Å². The van der Waals surface area contributed by atoms with Gasteiger partial charge in [0.15, 0.2) is 0 Å². The molecule has 1 N–H and O–H groups in total. The number of hydrogen-bond donors (Lipinski definition) is 1. The number of carbonyl (C=O) groups excluding carboxylic acids is 1. The van der Waals surface area contributed by atoms with Crippen molar-refractivity contribution in [2.24, 2.45) is 5.92 Å². The maximum Gasteiger partial charge on any atom is 0.410 e. The fourth-order valence-electron chi connectivity index (χ4n) is 3.50. The smallest absolute Gasteiger partial charge is 0.410 e. The van der Waals surface area contributed by atoms with Crippen molar-refractivity contribution in [3.8, 4) is 0 Å². The van der Waals surface area contributed by atoms with E-state index in [1.165, 1.54) is 32.4 Å². The molecule has 23 heavy (non-hydrogen) atoms. The van der Waals surface area contributed by atoms with Crippen molar-refractivity contribution < 1.29 is 9.53 Å². The Kier molecular flexibility index (Phi) is 6.72. The summed E-state index contributed by atoms with van der Waals surface area (Å²) in [6.07, 6.45) is 5.95. The zero-order valence-electron chi connectivity index (χ0n) is 15.4. The van der Waals surface area contributed by atoms with Crippen LogP contribution in [0.4, 0.5) is 4.79 Å². The molecule has 0 bridgehead atoms. The first-order valence-corrected chi connectivity index (χ1v) is 9.23. The summed E-state index contributed by atoms with van der Waals surface area (Å²) in [4.78, 5) is 16.4. The Morgan fingerprint density at radius 2 is 1.96 bits per heavy atom. The van der Waals surface area contributed by atoms with Crippen molar-refractivity contribution in [1.29, 1.82) is 0 Å². The summed E-state index contributed by atoms with van der Waals surface area (Å²) in [6.45, 7) is 11.0. The number of nitrogens with one attached hydrogen (secondary N) is 1. The number of ether oxygens (including phenoxy) is 1. The first-order chi connectivity index (χ1) is 10.8. The molecule has 2 rings (SSSR count). The van der Waals surface area contributed by atoms with Crippen molar-refractivity contribution >= 4 is 6.09 Å². The third-order valence-electron chi connectivity index (χ3n) is 4.87. The molecular formula is C18H35N3O2. The number of hydrogen-bond acceptors (Lipinski definition) is 4. The summed E-state index contributed by atoms with van der Waals surface area (Å²) in [7, 11) is 2.21. The standard InChI is InChI=1S/C18H35N3O2/c1-18(2,3)23-17(22)21-13-8-15(14-21)7-10-19-16-6-5-11-20(4)12-9-16/h15-16,19H,5-14H2,1-4H3. The van der Waals surface area contributed by atoms with E-state index >= 15 is 0 Å². The van der Waals surface area contributed by atoms with Gasteiger partial charge in [0.2, 0.25) is 0 Å². The topological polar surface area (TPSA) is 44.8 Å². The molecule has 2 saturated heterocycles. The Labute approximate surface area is 141 Å². The average Bonchev–Trinajstić information content (AvgIpc) is 2.82. The third-order valence-corrected chi connectivity index (χ3v) is 4.87. The predicted molar refractivity (Wildman–Crippen MR) is 93.7 cm³/mol. The van der Waals surface area contributed by atoms with Gasteiger partial charge in [-0.2, -0.15) is 0 Å². The molecule has 134 valence electrons. The maximum atomic E-state index is 12.1. The SMILES string of the molecule is CN1CCCC(NCCC2CCN(C(=O)OC(C)(C)C)C2)CC1. The van der Waals surface area contributed by atoms with Crippen LogP contribution in [-0.2, 0) is 4.74 Å². The predicted octanol–water partition coefficient (Wildman–Crippen LogP) is 2.71. The van der Waals surface area contributed by atoms with Gasteiger partial charge in [-0.15, -0.1) is 0 Å². The summed E-state index contributed by atoms with van der Waals surface area (Å²) < 4.78 is 5.46. The first-order valence-electron chi connectivity index (χ1n) is 9.23. The molecule has 0 aliphatic carbocycles.